The minimum Gasteiger partial charge on any atom is -0.507 e. The highest BCUT2D eigenvalue weighted by atomic mass is 32.1. The number of benzene rings is 2. The van der Waals surface area contributed by atoms with Crippen molar-refractivity contribution < 1.29 is 24.2 Å². The summed E-state index contributed by atoms with van der Waals surface area (Å²) in [6.45, 7) is 3.81. The van der Waals surface area contributed by atoms with E-state index in [2.05, 4.69) is 0 Å². The average Bonchev–Trinajstić information content (AvgIpc) is 3.40. The van der Waals surface area contributed by atoms with Crippen LogP contribution < -0.4 is 14.4 Å². The number of nitrogens with zero attached hydrogens (tertiary/aromatic N) is 1. The summed E-state index contributed by atoms with van der Waals surface area (Å²) in [6, 6.07) is 16.8. The molecule has 1 unspecified atom stereocenters. The molecule has 1 aliphatic rings. The van der Waals surface area contributed by atoms with E-state index in [1.807, 2.05) is 31.4 Å². The number of para-hydroxylation sites is 2. The second-order valence-corrected chi connectivity index (χ2v) is 8.53. The van der Waals surface area contributed by atoms with E-state index in [9.17, 15) is 14.7 Å². The number of hydrogen-bond donors (Lipinski definition) is 1. The van der Waals surface area contributed by atoms with E-state index >= 15 is 0 Å². The number of Topliss-reactive ketones (excluding diaryl/α,β-unsaturated/α-hetero) is 1. The van der Waals surface area contributed by atoms with Gasteiger partial charge in [-0.1, -0.05) is 30.3 Å². The lowest BCUT2D eigenvalue weighted by Gasteiger charge is -2.25. The number of amides is 1. The Morgan fingerprint density at radius 3 is 2.53 bits per heavy atom. The molecule has 1 saturated heterocycles. The molecule has 0 bridgehead atoms. The average molecular weight is 450 g/mol. The smallest absolute Gasteiger partial charge is 0.300 e. The van der Waals surface area contributed by atoms with Crippen LogP contribution in [0.2, 0.25) is 0 Å². The standard InChI is InChI=1S/C25H23NO5S/c1-15(2)31-17-9-6-8-16(14-17)23(27)21-22(20-12-7-13-32-20)26(25(29)24(21)28)18-10-4-5-11-19(18)30-3/h4-15,22,27H,1-3H3/b23-21-. The van der Waals surface area contributed by atoms with Crippen LogP contribution in [0.4, 0.5) is 5.69 Å². The Hall–Kier alpha value is -3.58. The highest BCUT2D eigenvalue weighted by Gasteiger charge is 2.48. The first kappa shape index (κ1) is 21.6. The van der Waals surface area contributed by atoms with Crippen molar-refractivity contribution in [2.24, 2.45) is 0 Å². The largest absolute Gasteiger partial charge is 0.507 e. The van der Waals surface area contributed by atoms with Crippen LogP contribution in [-0.4, -0.2) is 30.0 Å². The fourth-order valence-corrected chi connectivity index (χ4v) is 4.59. The molecule has 6 nitrogen and oxygen atoms in total. The van der Waals surface area contributed by atoms with Gasteiger partial charge in [-0.25, -0.2) is 0 Å². The molecule has 7 heteroatoms. The number of carbonyl (C=O) groups excluding carboxylic acids is 2. The van der Waals surface area contributed by atoms with Crippen molar-refractivity contribution in [2.45, 2.75) is 26.0 Å². The Morgan fingerprint density at radius 2 is 1.84 bits per heavy atom. The minimum absolute atomic E-state index is 0.0325. The van der Waals surface area contributed by atoms with Gasteiger partial charge in [0.05, 0.1) is 24.5 Å². The topological polar surface area (TPSA) is 76.1 Å². The van der Waals surface area contributed by atoms with Crippen molar-refractivity contribution >= 4 is 34.5 Å². The van der Waals surface area contributed by atoms with E-state index in [1.54, 1.807) is 48.5 Å². The van der Waals surface area contributed by atoms with Crippen molar-refractivity contribution in [3.8, 4) is 11.5 Å². The van der Waals surface area contributed by atoms with Gasteiger partial charge in [-0.2, -0.15) is 0 Å². The molecule has 1 atom stereocenters. The molecule has 1 fully saturated rings. The van der Waals surface area contributed by atoms with E-state index in [0.717, 1.165) is 4.88 Å². The third kappa shape index (κ3) is 3.87. The molecule has 1 N–H and O–H groups in total. The van der Waals surface area contributed by atoms with Crippen LogP contribution in [0.3, 0.4) is 0 Å². The zero-order valence-corrected chi connectivity index (χ0v) is 18.8. The van der Waals surface area contributed by atoms with Crippen molar-refractivity contribution in [2.75, 3.05) is 12.0 Å². The van der Waals surface area contributed by atoms with Gasteiger partial charge in [0.2, 0.25) is 0 Å². The molecular weight excluding hydrogens is 426 g/mol. The van der Waals surface area contributed by atoms with Crippen LogP contribution in [0, 0.1) is 0 Å². The molecule has 0 radical (unpaired) electrons. The molecule has 2 heterocycles. The van der Waals surface area contributed by atoms with Gasteiger partial charge in [0, 0.05) is 10.4 Å². The molecular formula is C25H23NO5S. The first-order valence-electron chi connectivity index (χ1n) is 10.2. The van der Waals surface area contributed by atoms with E-state index < -0.39 is 17.7 Å². The molecule has 2 aromatic carbocycles. The van der Waals surface area contributed by atoms with Crippen LogP contribution in [0.25, 0.3) is 5.76 Å². The maximum absolute atomic E-state index is 13.2. The second kappa shape index (κ2) is 8.88. The Kier molecular flexibility index (Phi) is 6.01. The summed E-state index contributed by atoms with van der Waals surface area (Å²) in [7, 11) is 1.51. The molecule has 164 valence electrons. The van der Waals surface area contributed by atoms with E-state index in [4.69, 9.17) is 9.47 Å². The number of thiophene rings is 1. The predicted molar refractivity (Wildman–Crippen MR) is 124 cm³/mol. The predicted octanol–water partition coefficient (Wildman–Crippen LogP) is 5.17. The van der Waals surface area contributed by atoms with Gasteiger partial charge in [-0.15, -0.1) is 11.3 Å². The van der Waals surface area contributed by atoms with Gasteiger partial charge in [0.15, 0.2) is 0 Å². The summed E-state index contributed by atoms with van der Waals surface area (Å²) >= 11 is 1.41. The zero-order valence-electron chi connectivity index (χ0n) is 17.9. The Morgan fingerprint density at radius 1 is 1.06 bits per heavy atom. The van der Waals surface area contributed by atoms with Crippen molar-refractivity contribution in [3.05, 3.63) is 82.1 Å². The summed E-state index contributed by atoms with van der Waals surface area (Å²) in [5.41, 5.74) is 0.902. The summed E-state index contributed by atoms with van der Waals surface area (Å²) in [5, 5.41) is 13.1. The van der Waals surface area contributed by atoms with Crippen LogP contribution >= 0.6 is 11.3 Å². The molecule has 0 saturated carbocycles. The summed E-state index contributed by atoms with van der Waals surface area (Å²) in [5.74, 6) is -0.682. The number of aliphatic hydroxyl groups is 1. The fourth-order valence-electron chi connectivity index (χ4n) is 3.77. The van der Waals surface area contributed by atoms with Crippen LogP contribution in [-0.2, 0) is 9.59 Å². The molecule has 3 aromatic rings. The van der Waals surface area contributed by atoms with Gasteiger partial charge < -0.3 is 14.6 Å². The number of carbonyl (C=O) groups is 2. The van der Waals surface area contributed by atoms with Gasteiger partial charge in [-0.05, 0) is 49.6 Å². The number of ketones is 1. The van der Waals surface area contributed by atoms with Gasteiger partial charge in [-0.3, -0.25) is 14.5 Å². The quantitative estimate of drug-likeness (QED) is 0.319. The second-order valence-electron chi connectivity index (χ2n) is 7.55. The summed E-state index contributed by atoms with van der Waals surface area (Å²) in [4.78, 5) is 28.5. The van der Waals surface area contributed by atoms with Crippen LogP contribution in [0.5, 0.6) is 11.5 Å². The maximum Gasteiger partial charge on any atom is 0.300 e. The SMILES string of the molecule is COc1ccccc1N1C(=O)C(=O)/C(=C(\O)c2cccc(OC(C)C)c2)C1c1cccs1. The monoisotopic (exact) mass is 449 g/mol. The first-order valence-corrected chi connectivity index (χ1v) is 11.0. The van der Waals surface area contributed by atoms with Crippen molar-refractivity contribution in [1.29, 1.82) is 0 Å². The highest BCUT2D eigenvalue weighted by molar-refractivity contribution is 7.10. The van der Waals surface area contributed by atoms with Gasteiger partial charge in [0.25, 0.3) is 11.7 Å². The number of rotatable bonds is 6. The lowest BCUT2D eigenvalue weighted by molar-refractivity contribution is -0.132. The molecule has 4 rings (SSSR count). The van der Waals surface area contributed by atoms with E-state index in [0.29, 0.717) is 22.7 Å². The molecule has 1 aliphatic heterocycles. The molecule has 1 amide bonds. The zero-order chi connectivity index (χ0) is 22.8. The fraction of sp³-hybridized carbons (Fsp3) is 0.200. The van der Waals surface area contributed by atoms with E-state index in [1.165, 1.54) is 23.3 Å². The summed E-state index contributed by atoms with van der Waals surface area (Å²) < 4.78 is 11.2. The molecule has 0 spiro atoms. The minimum atomic E-state index is -0.777. The highest BCUT2D eigenvalue weighted by Crippen LogP contribution is 2.46. The number of aliphatic hydroxyl groups excluding tert-OH is 1. The Bertz CT molecular complexity index is 1180. The summed E-state index contributed by atoms with van der Waals surface area (Å²) in [6.07, 6.45) is -0.0466. The molecule has 0 aliphatic carbocycles. The van der Waals surface area contributed by atoms with Crippen LogP contribution in [0.1, 0.15) is 30.3 Å². The first-order chi connectivity index (χ1) is 15.4. The number of anilines is 1. The Balaban J connectivity index is 1.90. The van der Waals surface area contributed by atoms with Gasteiger partial charge in [0.1, 0.15) is 23.3 Å². The number of hydrogen-bond acceptors (Lipinski definition) is 6. The van der Waals surface area contributed by atoms with Crippen molar-refractivity contribution in [1.82, 2.24) is 0 Å². The van der Waals surface area contributed by atoms with Gasteiger partial charge >= 0.3 is 0 Å². The third-order valence-electron chi connectivity index (χ3n) is 5.08. The lowest BCUT2D eigenvalue weighted by Crippen LogP contribution is -2.29. The maximum atomic E-state index is 13.2. The molecule has 32 heavy (non-hydrogen) atoms. The van der Waals surface area contributed by atoms with Crippen LogP contribution in [0.15, 0.2) is 71.6 Å². The number of methoxy groups -OCH3 is 1. The Labute approximate surface area is 190 Å². The van der Waals surface area contributed by atoms with E-state index in [-0.39, 0.29) is 17.4 Å². The van der Waals surface area contributed by atoms with Crippen molar-refractivity contribution in [3.63, 3.8) is 0 Å². The molecule has 1 aromatic heterocycles. The number of ether oxygens (including phenoxy) is 2. The normalized spacial score (nSPS) is 17.8. The lowest BCUT2D eigenvalue weighted by atomic mass is 9.99. The third-order valence-corrected chi connectivity index (χ3v) is 6.01.